The molecule has 0 unspecified atom stereocenters. The molecule has 0 spiro atoms. The van der Waals surface area contributed by atoms with Gasteiger partial charge in [0, 0.05) is 44.9 Å². The van der Waals surface area contributed by atoms with Gasteiger partial charge in [0.1, 0.15) is 15.9 Å². The molecule has 29 heavy (non-hydrogen) atoms. The Morgan fingerprint density at radius 2 is 1.76 bits per heavy atom. The number of non-ortho nitro benzene ring substituents is 1. The molecule has 4 rings (SSSR count). The van der Waals surface area contributed by atoms with Gasteiger partial charge in [-0.1, -0.05) is 18.2 Å². The van der Waals surface area contributed by atoms with Gasteiger partial charge in [0.05, 0.1) is 16.7 Å². The van der Waals surface area contributed by atoms with Crippen LogP contribution in [0.5, 0.6) is 0 Å². The highest BCUT2D eigenvalue weighted by Crippen LogP contribution is 2.25. The van der Waals surface area contributed by atoms with Crippen LogP contribution < -0.4 is 0 Å². The van der Waals surface area contributed by atoms with Crippen LogP contribution in [0, 0.1) is 10.1 Å². The van der Waals surface area contributed by atoms with Crippen molar-refractivity contribution >= 4 is 38.5 Å². The van der Waals surface area contributed by atoms with Crippen LogP contribution in [0.4, 0.5) is 5.69 Å². The van der Waals surface area contributed by atoms with Gasteiger partial charge in [0.15, 0.2) is 0 Å². The Morgan fingerprint density at radius 3 is 2.45 bits per heavy atom. The maximum Gasteiger partial charge on any atom is 0.269 e. The summed E-state index contributed by atoms with van der Waals surface area (Å²) in [5.74, 6) is 0. The first-order valence-corrected chi connectivity index (χ1v) is 11.3. The van der Waals surface area contributed by atoms with E-state index in [9.17, 15) is 18.5 Å². The minimum absolute atomic E-state index is 0.0814. The zero-order chi connectivity index (χ0) is 20.4. The Balaban J connectivity index is 1.36. The van der Waals surface area contributed by atoms with E-state index in [0.717, 1.165) is 30.3 Å². The monoisotopic (exact) mass is 433 g/mol. The van der Waals surface area contributed by atoms with Crippen molar-refractivity contribution in [2.24, 2.45) is 0 Å². The highest BCUT2D eigenvalue weighted by molar-refractivity contribution is 7.89. The van der Waals surface area contributed by atoms with Crippen LogP contribution in [0.3, 0.4) is 0 Å². The van der Waals surface area contributed by atoms with Crippen LogP contribution in [0.15, 0.2) is 47.4 Å². The molecule has 0 amide bonds. The van der Waals surface area contributed by atoms with E-state index in [1.807, 2.05) is 0 Å². The molecule has 1 saturated heterocycles. The molecule has 0 bridgehead atoms. The van der Waals surface area contributed by atoms with Crippen LogP contribution in [0.1, 0.15) is 5.56 Å². The van der Waals surface area contributed by atoms with Crippen molar-refractivity contribution in [1.29, 1.82) is 0 Å². The number of fused-ring (bicyclic) bond motifs is 1. The second-order valence-electron chi connectivity index (χ2n) is 6.81. The molecule has 1 aliphatic heterocycles. The van der Waals surface area contributed by atoms with Crippen molar-refractivity contribution in [2.75, 3.05) is 32.7 Å². The van der Waals surface area contributed by atoms with Gasteiger partial charge in [-0.15, -0.1) is 0 Å². The van der Waals surface area contributed by atoms with Gasteiger partial charge in [-0.05, 0) is 24.1 Å². The Kier molecular flexibility index (Phi) is 5.54. The molecule has 1 aromatic heterocycles. The maximum absolute atomic E-state index is 13.1. The lowest BCUT2D eigenvalue weighted by atomic mass is 10.1. The smallest absolute Gasteiger partial charge is 0.269 e. The summed E-state index contributed by atoms with van der Waals surface area (Å²) in [7, 11) is -3.61. The third-order valence-corrected chi connectivity index (χ3v) is 7.53. The standard InChI is InChI=1S/C18H19N5O4S2/c24-23(25)15-6-4-14(5-7-15)8-9-21-10-12-22(13-11-21)29(26,27)17-3-1-2-16-18(17)20-28-19-16/h1-7H,8-13H2. The molecule has 3 aromatic rings. The molecule has 11 heteroatoms. The highest BCUT2D eigenvalue weighted by atomic mass is 32.2. The van der Waals surface area contributed by atoms with Gasteiger partial charge in [-0.2, -0.15) is 13.1 Å². The summed E-state index contributed by atoms with van der Waals surface area (Å²) < 4.78 is 35.9. The quantitative estimate of drug-likeness (QED) is 0.433. The van der Waals surface area contributed by atoms with Crippen molar-refractivity contribution in [2.45, 2.75) is 11.3 Å². The van der Waals surface area contributed by atoms with Crippen molar-refractivity contribution in [3.8, 4) is 0 Å². The average Bonchev–Trinajstić information content (AvgIpc) is 3.21. The summed E-state index contributed by atoms with van der Waals surface area (Å²) >= 11 is 1.01. The molecule has 0 atom stereocenters. The van der Waals surface area contributed by atoms with Crippen LogP contribution in [0.25, 0.3) is 11.0 Å². The zero-order valence-corrected chi connectivity index (χ0v) is 17.1. The molecule has 1 fully saturated rings. The van der Waals surface area contributed by atoms with Gasteiger partial charge < -0.3 is 4.90 Å². The first-order chi connectivity index (χ1) is 13.9. The fraction of sp³-hybridized carbons (Fsp3) is 0.333. The second kappa shape index (κ2) is 8.11. The Hall–Kier alpha value is -2.47. The first-order valence-electron chi connectivity index (χ1n) is 9.12. The second-order valence-corrected chi connectivity index (χ2v) is 9.24. The number of hydrogen-bond donors (Lipinski definition) is 0. The fourth-order valence-electron chi connectivity index (χ4n) is 3.39. The molecule has 2 aromatic carbocycles. The molecule has 152 valence electrons. The first kappa shape index (κ1) is 19.8. The molecule has 0 N–H and O–H groups in total. The normalized spacial score (nSPS) is 16.3. The van der Waals surface area contributed by atoms with Gasteiger partial charge in [-0.25, -0.2) is 8.42 Å². The third-order valence-electron chi connectivity index (χ3n) is 5.06. The number of hydrogen-bond acceptors (Lipinski definition) is 8. The highest BCUT2D eigenvalue weighted by Gasteiger charge is 2.30. The Bertz CT molecular complexity index is 1120. The number of nitro benzene ring substituents is 1. The molecule has 0 aliphatic carbocycles. The topological polar surface area (TPSA) is 110 Å². The predicted molar refractivity (Wildman–Crippen MR) is 109 cm³/mol. The number of nitro groups is 1. The zero-order valence-electron chi connectivity index (χ0n) is 15.5. The Morgan fingerprint density at radius 1 is 1.03 bits per heavy atom. The SMILES string of the molecule is O=[N+]([O-])c1ccc(CCN2CCN(S(=O)(=O)c3cccc4nsnc34)CC2)cc1. The summed E-state index contributed by atoms with van der Waals surface area (Å²) in [5.41, 5.74) is 2.13. The summed E-state index contributed by atoms with van der Waals surface area (Å²) in [5, 5.41) is 10.7. The summed E-state index contributed by atoms with van der Waals surface area (Å²) in [6.07, 6.45) is 0.758. The molecule has 9 nitrogen and oxygen atoms in total. The number of aromatic nitrogens is 2. The molecule has 0 saturated carbocycles. The van der Waals surface area contributed by atoms with Crippen LogP contribution in [-0.2, 0) is 16.4 Å². The van der Waals surface area contributed by atoms with Gasteiger partial charge in [-0.3, -0.25) is 10.1 Å². The summed E-state index contributed by atoms with van der Waals surface area (Å²) in [4.78, 5) is 12.7. The van der Waals surface area contributed by atoms with E-state index >= 15 is 0 Å². The summed E-state index contributed by atoms with van der Waals surface area (Å²) in [6.45, 7) is 2.87. The number of piperazine rings is 1. The molecule has 1 aliphatic rings. The van der Waals surface area contributed by atoms with Gasteiger partial charge >= 0.3 is 0 Å². The van der Waals surface area contributed by atoms with E-state index in [0.29, 0.717) is 37.2 Å². The number of benzene rings is 2. The number of sulfonamides is 1. The molecule has 2 heterocycles. The van der Waals surface area contributed by atoms with Crippen molar-refractivity contribution in [3.63, 3.8) is 0 Å². The lowest BCUT2D eigenvalue weighted by molar-refractivity contribution is -0.384. The van der Waals surface area contributed by atoms with Crippen LogP contribution in [0.2, 0.25) is 0 Å². The largest absolute Gasteiger partial charge is 0.300 e. The van der Waals surface area contributed by atoms with Crippen molar-refractivity contribution in [1.82, 2.24) is 18.0 Å². The van der Waals surface area contributed by atoms with Crippen LogP contribution in [-0.4, -0.2) is 64.0 Å². The minimum Gasteiger partial charge on any atom is -0.300 e. The minimum atomic E-state index is -3.61. The lowest BCUT2D eigenvalue weighted by Gasteiger charge is -2.34. The van der Waals surface area contributed by atoms with Crippen LogP contribution >= 0.6 is 11.7 Å². The molecule has 0 radical (unpaired) electrons. The van der Waals surface area contributed by atoms with E-state index in [2.05, 4.69) is 13.6 Å². The lowest BCUT2D eigenvalue weighted by Crippen LogP contribution is -2.49. The summed E-state index contributed by atoms with van der Waals surface area (Å²) in [6, 6.07) is 11.6. The van der Waals surface area contributed by atoms with Gasteiger partial charge in [0.25, 0.3) is 5.69 Å². The number of rotatable bonds is 6. The van der Waals surface area contributed by atoms with Crippen molar-refractivity contribution in [3.05, 3.63) is 58.1 Å². The van der Waals surface area contributed by atoms with E-state index in [4.69, 9.17) is 0 Å². The average molecular weight is 434 g/mol. The Labute approximate surface area is 172 Å². The molecular weight excluding hydrogens is 414 g/mol. The number of nitrogens with zero attached hydrogens (tertiary/aromatic N) is 5. The third kappa shape index (κ3) is 4.13. The van der Waals surface area contributed by atoms with E-state index in [1.54, 1.807) is 30.3 Å². The molecular formula is C18H19N5O4S2. The van der Waals surface area contributed by atoms with E-state index in [-0.39, 0.29) is 10.6 Å². The van der Waals surface area contributed by atoms with E-state index in [1.165, 1.54) is 16.4 Å². The van der Waals surface area contributed by atoms with Crippen molar-refractivity contribution < 1.29 is 13.3 Å². The van der Waals surface area contributed by atoms with Gasteiger partial charge in [0.2, 0.25) is 10.0 Å². The van der Waals surface area contributed by atoms with E-state index < -0.39 is 14.9 Å². The predicted octanol–water partition coefficient (Wildman–Crippen LogP) is 2.15. The fourth-order valence-corrected chi connectivity index (χ4v) is 5.57. The maximum atomic E-state index is 13.1.